The Labute approximate surface area is 115 Å². The quantitative estimate of drug-likeness (QED) is 0.884. The number of nitrogens with zero attached hydrogens (tertiary/aromatic N) is 1. The molecule has 0 fully saturated rings. The molecule has 1 aliphatic heterocycles. The van der Waals surface area contributed by atoms with Crippen molar-refractivity contribution in [3.05, 3.63) is 28.6 Å². The molecular weight excluding hydrogens is 258 g/mol. The number of amides is 1. The molecule has 2 heterocycles. The number of hydrogen-bond acceptors (Lipinski definition) is 4. The largest absolute Gasteiger partial charge is 0.375 e. The number of nitrogens with two attached hydrogens (primary N) is 1. The molecule has 3 rings (SSSR count). The highest BCUT2D eigenvalue weighted by molar-refractivity contribution is 7.15. The van der Waals surface area contributed by atoms with E-state index >= 15 is 0 Å². The Morgan fingerprint density at radius 1 is 1.42 bits per heavy atom. The lowest BCUT2D eigenvalue weighted by molar-refractivity contribution is -0.116. The number of nitrogens with one attached hydrogen (secondary N) is 1. The van der Waals surface area contributed by atoms with Crippen LogP contribution in [-0.2, 0) is 17.6 Å². The van der Waals surface area contributed by atoms with Gasteiger partial charge in [-0.15, -0.1) is 11.3 Å². The zero-order chi connectivity index (χ0) is 13.4. The minimum absolute atomic E-state index is 0.0902. The summed E-state index contributed by atoms with van der Waals surface area (Å²) in [5.41, 5.74) is 9.95. The van der Waals surface area contributed by atoms with Gasteiger partial charge in [0.15, 0.2) is 5.13 Å². The van der Waals surface area contributed by atoms with Crippen LogP contribution >= 0.6 is 11.3 Å². The maximum Gasteiger partial charge on any atom is 0.224 e. The zero-order valence-electron chi connectivity index (χ0n) is 10.7. The Kier molecular flexibility index (Phi) is 2.98. The second-order valence-electron chi connectivity index (χ2n) is 4.60. The molecule has 0 bridgehead atoms. The number of carbonyl (C=O) groups excluding carboxylic acids is 1. The van der Waals surface area contributed by atoms with Crippen molar-refractivity contribution in [3.8, 4) is 11.3 Å². The van der Waals surface area contributed by atoms with Crippen LogP contribution in [0.15, 0.2) is 18.2 Å². The predicted octanol–water partition coefficient (Wildman–Crippen LogP) is 2.84. The fourth-order valence-corrected chi connectivity index (χ4v) is 3.16. The SMILES string of the molecule is CCc1sc(N)nc1-c1ccc2c(c1)CCC(=O)N2. The van der Waals surface area contributed by atoms with Crippen LogP contribution in [-0.4, -0.2) is 10.9 Å². The van der Waals surface area contributed by atoms with Gasteiger partial charge in [0.2, 0.25) is 5.91 Å². The highest BCUT2D eigenvalue weighted by Gasteiger charge is 2.17. The van der Waals surface area contributed by atoms with E-state index in [9.17, 15) is 4.79 Å². The topological polar surface area (TPSA) is 68.0 Å². The van der Waals surface area contributed by atoms with Gasteiger partial charge in [-0.05, 0) is 30.5 Å². The van der Waals surface area contributed by atoms with Gasteiger partial charge in [-0.2, -0.15) is 0 Å². The summed E-state index contributed by atoms with van der Waals surface area (Å²) in [6.45, 7) is 2.11. The Balaban J connectivity index is 2.04. The third-order valence-corrected chi connectivity index (χ3v) is 4.34. The van der Waals surface area contributed by atoms with Crippen LogP contribution in [0.25, 0.3) is 11.3 Å². The third kappa shape index (κ3) is 2.21. The summed E-state index contributed by atoms with van der Waals surface area (Å²) in [7, 11) is 0. The Hall–Kier alpha value is -1.88. The third-order valence-electron chi connectivity index (χ3n) is 3.31. The first-order valence-electron chi connectivity index (χ1n) is 6.35. The second kappa shape index (κ2) is 4.66. The fraction of sp³-hybridized carbons (Fsp3) is 0.286. The number of rotatable bonds is 2. The number of fused-ring (bicyclic) bond motifs is 1. The zero-order valence-corrected chi connectivity index (χ0v) is 11.5. The van der Waals surface area contributed by atoms with E-state index in [-0.39, 0.29) is 5.91 Å². The highest BCUT2D eigenvalue weighted by atomic mass is 32.1. The van der Waals surface area contributed by atoms with Gasteiger partial charge in [0, 0.05) is 22.5 Å². The lowest BCUT2D eigenvalue weighted by Gasteiger charge is -2.17. The lowest BCUT2D eigenvalue weighted by atomic mass is 9.99. The smallest absolute Gasteiger partial charge is 0.224 e. The number of nitrogen functional groups attached to an aromatic ring is 1. The first-order valence-corrected chi connectivity index (χ1v) is 7.17. The van der Waals surface area contributed by atoms with Gasteiger partial charge in [0.25, 0.3) is 0 Å². The molecule has 4 nitrogen and oxygen atoms in total. The van der Waals surface area contributed by atoms with Gasteiger partial charge in [-0.3, -0.25) is 4.79 Å². The standard InChI is InChI=1S/C14H15N3OS/c1-2-11-13(17-14(15)19-11)9-3-5-10-8(7-9)4-6-12(18)16-10/h3,5,7H,2,4,6H2,1H3,(H2,15,17)(H,16,18). The number of carbonyl (C=O) groups is 1. The predicted molar refractivity (Wildman–Crippen MR) is 78.3 cm³/mol. The van der Waals surface area contributed by atoms with Crippen molar-refractivity contribution >= 4 is 28.1 Å². The van der Waals surface area contributed by atoms with Crippen LogP contribution in [0.5, 0.6) is 0 Å². The molecule has 5 heteroatoms. The van der Waals surface area contributed by atoms with E-state index in [2.05, 4.69) is 23.3 Å². The van der Waals surface area contributed by atoms with Crippen LogP contribution in [0.3, 0.4) is 0 Å². The molecule has 1 aromatic heterocycles. The average molecular weight is 273 g/mol. The second-order valence-corrected chi connectivity index (χ2v) is 5.71. The van der Waals surface area contributed by atoms with Crippen LogP contribution in [0.1, 0.15) is 23.8 Å². The molecule has 1 aliphatic rings. The van der Waals surface area contributed by atoms with E-state index in [1.54, 1.807) is 11.3 Å². The minimum atomic E-state index is 0.0902. The molecular formula is C14H15N3OS. The van der Waals surface area contributed by atoms with E-state index < -0.39 is 0 Å². The van der Waals surface area contributed by atoms with Crippen molar-refractivity contribution in [2.75, 3.05) is 11.1 Å². The van der Waals surface area contributed by atoms with Crippen molar-refractivity contribution in [2.45, 2.75) is 26.2 Å². The minimum Gasteiger partial charge on any atom is -0.375 e. The lowest BCUT2D eigenvalue weighted by Crippen LogP contribution is -2.18. The molecule has 0 atom stereocenters. The summed E-state index contributed by atoms with van der Waals surface area (Å²) in [4.78, 5) is 17.0. The van der Waals surface area contributed by atoms with Gasteiger partial charge in [0.05, 0.1) is 5.69 Å². The van der Waals surface area contributed by atoms with Crippen LogP contribution in [0.4, 0.5) is 10.8 Å². The summed E-state index contributed by atoms with van der Waals surface area (Å²) in [6, 6.07) is 6.07. The van der Waals surface area contributed by atoms with Crippen molar-refractivity contribution < 1.29 is 4.79 Å². The number of aromatic nitrogens is 1. The van der Waals surface area contributed by atoms with Crippen LogP contribution < -0.4 is 11.1 Å². The maximum absolute atomic E-state index is 11.3. The molecule has 0 saturated carbocycles. The molecule has 0 spiro atoms. The molecule has 19 heavy (non-hydrogen) atoms. The van der Waals surface area contributed by atoms with E-state index in [0.717, 1.165) is 29.8 Å². The molecule has 0 aliphatic carbocycles. The van der Waals surface area contributed by atoms with Crippen molar-refractivity contribution in [1.82, 2.24) is 4.98 Å². The number of anilines is 2. The molecule has 1 amide bonds. The Morgan fingerprint density at radius 2 is 2.26 bits per heavy atom. The van der Waals surface area contributed by atoms with Crippen molar-refractivity contribution in [1.29, 1.82) is 0 Å². The first-order chi connectivity index (χ1) is 9.17. The normalized spacial score (nSPS) is 14.1. The van der Waals surface area contributed by atoms with E-state index in [1.807, 2.05) is 12.1 Å². The number of aryl methyl sites for hydroxylation is 2. The van der Waals surface area contributed by atoms with E-state index in [4.69, 9.17) is 5.73 Å². The van der Waals surface area contributed by atoms with Crippen LogP contribution in [0.2, 0.25) is 0 Å². The van der Waals surface area contributed by atoms with Gasteiger partial charge < -0.3 is 11.1 Å². The number of hydrogen-bond donors (Lipinski definition) is 2. The molecule has 1 aromatic carbocycles. The summed E-state index contributed by atoms with van der Waals surface area (Å²) in [6.07, 6.45) is 2.27. The summed E-state index contributed by atoms with van der Waals surface area (Å²) in [5, 5.41) is 3.50. The van der Waals surface area contributed by atoms with Gasteiger partial charge >= 0.3 is 0 Å². The Bertz CT molecular complexity index is 648. The highest BCUT2D eigenvalue weighted by Crippen LogP contribution is 2.33. The molecule has 0 unspecified atom stereocenters. The van der Waals surface area contributed by atoms with Gasteiger partial charge in [-0.25, -0.2) is 4.98 Å². The summed E-state index contributed by atoms with van der Waals surface area (Å²) in [5.74, 6) is 0.0902. The van der Waals surface area contributed by atoms with Gasteiger partial charge in [-0.1, -0.05) is 13.0 Å². The molecule has 3 N–H and O–H groups in total. The number of benzene rings is 1. The molecule has 98 valence electrons. The average Bonchev–Trinajstić information content (AvgIpc) is 2.79. The monoisotopic (exact) mass is 273 g/mol. The van der Waals surface area contributed by atoms with Crippen molar-refractivity contribution in [3.63, 3.8) is 0 Å². The van der Waals surface area contributed by atoms with E-state index in [0.29, 0.717) is 11.6 Å². The maximum atomic E-state index is 11.3. The van der Waals surface area contributed by atoms with E-state index in [1.165, 1.54) is 10.4 Å². The van der Waals surface area contributed by atoms with Gasteiger partial charge in [0.1, 0.15) is 0 Å². The van der Waals surface area contributed by atoms with Crippen LogP contribution in [0, 0.1) is 0 Å². The summed E-state index contributed by atoms with van der Waals surface area (Å²) < 4.78 is 0. The number of thiazole rings is 1. The molecule has 2 aromatic rings. The molecule has 0 saturated heterocycles. The summed E-state index contributed by atoms with van der Waals surface area (Å²) >= 11 is 1.54. The fourth-order valence-electron chi connectivity index (χ4n) is 2.37. The first kappa shape index (κ1) is 12.2. The Morgan fingerprint density at radius 3 is 3.05 bits per heavy atom. The molecule has 0 radical (unpaired) electrons. The van der Waals surface area contributed by atoms with Crippen molar-refractivity contribution in [2.24, 2.45) is 0 Å².